The SMILES string of the molecule is CC(CO)N1C=CC1. The van der Waals surface area contributed by atoms with E-state index in [1.807, 2.05) is 13.1 Å². The first-order valence-corrected chi connectivity index (χ1v) is 2.88. The molecule has 1 aliphatic rings. The third kappa shape index (κ3) is 0.842. The summed E-state index contributed by atoms with van der Waals surface area (Å²) in [5.74, 6) is 0. The maximum atomic E-state index is 8.59. The van der Waals surface area contributed by atoms with Crippen molar-refractivity contribution in [2.24, 2.45) is 0 Å². The second-order valence-electron chi connectivity index (χ2n) is 2.11. The zero-order chi connectivity index (χ0) is 5.98. The van der Waals surface area contributed by atoms with Crippen LogP contribution in [-0.2, 0) is 0 Å². The molecule has 0 amide bonds. The van der Waals surface area contributed by atoms with E-state index in [2.05, 4.69) is 11.0 Å². The van der Waals surface area contributed by atoms with Crippen molar-refractivity contribution in [3.05, 3.63) is 12.3 Å². The topological polar surface area (TPSA) is 23.5 Å². The highest BCUT2D eigenvalue weighted by molar-refractivity contribution is 4.99. The summed E-state index contributed by atoms with van der Waals surface area (Å²) in [6, 6.07) is 0.306. The van der Waals surface area contributed by atoms with Crippen LogP contribution in [0, 0.1) is 0 Å². The highest BCUT2D eigenvalue weighted by Crippen LogP contribution is 2.06. The van der Waals surface area contributed by atoms with E-state index in [1.165, 1.54) is 0 Å². The van der Waals surface area contributed by atoms with Gasteiger partial charge in [-0.2, -0.15) is 0 Å². The molecule has 0 aromatic carbocycles. The van der Waals surface area contributed by atoms with Crippen molar-refractivity contribution in [3.8, 4) is 0 Å². The molecular weight excluding hydrogens is 102 g/mol. The van der Waals surface area contributed by atoms with Crippen molar-refractivity contribution < 1.29 is 5.11 Å². The summed E-state index contributed by atoms with van der Waals surface area (Å²) >= 11 is 0. The van der Waals surface area contributed by atoms with Crippen LogP contribution in [0.15, 0.2) is 12.3 Å². The molecule has 1 rings (SSSR count). The van der Waals surface area contributed by atoms with Gasteiger partial charge in [0, 0.05) is 12.6 Å². The summed E-state index contributed by atoms with van der Waals surface area (Å²) in [4.78, 5) is 2.10. The Kier molecular flexibility index (Phi) is 1.53. The van der Waals surface area contributed by atoms with Gasteiger partial charge in [0.15, 0.2) is 0 Å². The van der Waals surface area contributed by atoms with Crippen LogP contribution < -0.4 is 0 Å². The van der Waals surface area contributed by atoms with Crippen molar-refractivity contribution in [1.29, 1.82) is 0 Å². The van der Waals surface area contributed by atoms with E-state index in [9.17, 15) is 0 Å². The van der Waals surface area contributed by atoms with Gasteiger partial charge in [0.05, 0.1) is 6.61 Å². The Hall–Kier alpha value is -0.500. The fourth-order valence-electron chi connectivity index (χ4n) is 0.659. The number of aliphatic hydroxyl groups excluding tert-OH is 1. The third-order valence-electron chi connectivity index (χ3n) is 1.44. The zero-order valence-corrected chi connectivity index (χ0v) is 5.04. The summed E-state index contributed by atoms with van der Waals surface area (Å²) in [5, 5.41) is 8.59. The molecule has 1 atom stereocenters. The van der Waals surface area contributed by atoms with Gasteiger partial charge in [-0.3, -0.25) is 0 Å². The number of nitrogens with zero attached hydrogens (tertiary/aromatic N) is 1. The van der Waals surface area contributed by atoms with Gasteiger partial charge < -0.3 is 10.0 Å². The first kappa shape index (κ1) is 5.63. The van der Waals surface area contributed by atoms with Gasteiger partial charge >= 0.3 is 0 Å². The normalized spacial score (nSPS) is 20.5. The van der Waals surface area contributed by atoms with Crippen molar-refractivity contribution in [2.75, 3.05) is 13.2 Å². The molecule has 0 saturated heterocycles. The monoisotopic (exact) mass is 113 g/mol. The summed E-state index contributed by atoms with van der Waals surface area (Å²) in [6.07, 6.45) is 4.08. The third-order valence-corrected chi connectivity index (χ3v) is 1.44. The molecule has 1 aliphatic heterocycles. The number of hydrogen-bond acceptors (Lipinski definition) is 2. The minimum absolute atomic E-state index is 0.254. The number of aliphatic hydroxyl groups is 1. The standard InChI is InChI=1S/C6H11NO/c1-6(5-8)7-3-2-4-7/h2-3,6,8H,4-5H2,1H3. The second-order valence-corrected chi connectivity index (χ2v) is 2.11. The van der Waals surface area contributed by atoms with Crippen LogP contribution in [0.4, 0.5) is 0 Å². The van der Waals surface area contributed by atoms with Crippen molar-refractivity contribution >= 4 is 0 Å². The smallest absolute Gasteiger partial charge is 0.0632 e. The lowest BCUT2D eigenvalue weighted by Crippen LogP contribution is -2.35. The van der Waals surface area contributed by atoms with E-state index < -0.39 is 0 Å². The molecular formula is C6H11NO. The Labute approximate surface area is 49.4 Å². The Balaban J connectivity index is 2.25. The van der Waals surface area contributed by atoms with Crippen molar-refractivity contribution in [2.45, 2.75) is 13.0 Å². The van der Waals surface area contributed by atoms with E-state index in [4.69, 9.17) is 5.11 Å². The summed E-state index contributed by atoms with van der Waals surface area (Å²) in [5.41, 5.74) is 0. The van der Waals surface area contributed by atoms with E-state index >= 15 is 0 Å². The fraction of sp³-hybridized carbons (Fsp3) is 0.667. The predicted octanol–water partition coefficient (Wildman–Crippen LogP) is 0.197. The molecule has 1 N–H and O–H groups in total. The summed E-state index contributed by atoms with van der Waals surface area (Å²) in [7, 11) is 0. The number of hydrogen-bond donors (Lipinski definition) is 1. The molecule has 0 radical (unpaired) electrons. The van der Waals surface area contributed by atoms with Gasteiger partial charge in [-0.25, -0.2) is 0 Å². The molecule has 0 aromatic rings. The molecule has 0 fully saturated rings. The van der Waals surface area contributed by atoms with Crippen molar-refractivity contribution in [1.82, 2.24) is 4.90 Å². The van der Waals surface area contributed by atoms with E-state index in [1.54, 1.807) is 0 Å². The van der Waals surface area contributed by atoms with Crippen LogP contribution in [0.2, 0.25) is 0 Å². The van der Waals surface area contributed by atoms with E-state index in [0.717, 1.165) is 6.54 Å². The molecule has 0 aromatic heterocycles. The second kappa shape index (κ2) is 2.18. The average Bonchev–Trinajstić information content (AvgIpc) is 1.62. The number of rotatable bonds is 2. The molecule has 0 aliphatic carbocycles. The highest BCUT2D eigenvalue weighted by atomic mass is 16.3. The fourth-order valence-corrected chi connectivity index (χ4v) is 0.659. The van der Waals surface area contributed by atoms with Gasteiger partial charge in [-0.05, 0) is 19.2 Å². The maximum Gasteiger partial charge on any atom is 0.0632 e. The molecule has 2 heteroatoms. The minimum Gasteiger partial charge on any atom is -0.394 e. The lowest BCUT2D eigenvalue weighted by Gasteiger charge is -2.30. The zero-order valence-electron chi connectivity index (χ0n) is 5.04. The van der Waals surface area contributed by atoms with Gasteiger partial charge in [-0.15, -0.1) is 0 Å². The Bertz CT molecular complexity index is 101. The van der Waals surface area contributed by atoms with E-state index in [0.29, 0.717) is 6.04 Å². The van der Waals surface area contributed by atoms with Crippen LogP contribution in [0.25, 0.3) is 0 Å². The lowest BCUT2D eigenvalue weighted by molar-refractivity contribution is 0.173. The molecule has 1 unspecified atom stereocenters. The van der Waals surface area contributed by atoms with Crippen LogP contribution >= 0.6 is 0 Å². The predicted molar refractivity (Wildman–Crippen MR) is 32.4 cm³/mol. The largest absolute Gasteiger partial charge is 0.394 e. The highest BCUT2D eigenvalue weighted by Gasteiger charge is 2.10. The molecule has 0 saturated carbocycles. The maximum absolute atomic E-state index is 8.59. The average molecular weight is 113 g/mol. The van der Waals surface area contributed by atoms with Crippen LogP contribution in [-0.4, -0.2) is 29.2 Å². The van der Waals surface area contributed by atoms with Gasteiger partial charge in [0.2, 0.25) is 0 Å². The van der Waals surface area contributed by atoms with Gasteiger partial charge in [0.25, 0.3) is 0 Å². The van der Waals surface area contributed by atoms with Crippen LogP contribution in [0.5, 0.6) is 0 Å². The van der Waals surface area contributed by atoms with Gasteiger partial charge in [0.1, 0.15) is 0 Å². The molecule has 8 heavy (non-hydrogen) atoms. The first-order chi connectivity index (χ1) is 3.84. The lowest BCUT2D eigenvalue weighted by atomic mass is 10.2. The minimum atomic E-state index is 0.254. The van der Waals surface area contributed by atoms with Crippen molar-refractivity contribution in [3.63, 3.8) is 0 Å². The Morgan fingerprint density at radius 3 is 2.62 bits per heavy atom. The summed E-state index contributed by atoms with van der Waals surface area (Å²) in [6.45, 7) is 3.26. The Morgan fingerprint density at radius 2 is 2.50 bits per heavy atom. The first-order valence-electron chi connectivity index (χ1n) is 2.88. The molecule has 0 spiro atoms. The van der Waals surface area contributed by atoms with Crippen LogP contribution in [0.3, 0.4) is 0 Å². The Morgan fingerprint density at radius 1 is 1.88 bits per heavy atom. The van der Waals surface area contributed by atoms with Gasteiger partial charge in [-0.1, -0.05) is 0 Å². The van der Waals surface area contributed by atoms with Crippen LogP contribution in [0.1, 0.15) is 6.92 Å². The molecule has 0 bridgehead atoms. The molecule has 2 nitrogen and oxygen atoms in total. The molecule has 1 heterocycles. The molecule has 46 valence electrons. The van der Waals surface area contributed by atoms with E-state index in [-0.39, 0.29) is 6.61 Å². The quantitative estimate of drug-likeness (QED) is 0.553. The summed E-state index contributed by atoms with van der Waals surface area (Å²) < 4.78 is 0.